The van der Waals surface area contributed by atoms with Crippen LogP contribution in [0.4, 0.5) is 0 Å². The summed E-state index contributed by atoms with van der Waals surface area (Å²) in [4.78, 5) is 15.8. The summed E-state index contributed by atoms with van der Waals surface area (Å²) in [5.74, 6) is -0.199. The fourth-order valence-electron chi connectivity index (χ4n) is 2.79. The first kappa shape index (κ1) is 16.3. The number of nitrogens with zero attached hydrogens (tertiary/aromatic N) is 4. The number of hydrogen-bond acceptors (Lipinski definition) is 3. The zero-order valence-corrected chi connectivity index (χ0v) is 14.4. The largest absolute Gasteiger partial charge is 0.478 e. The van der Waals surface area contributed by atoms with Crippen molar-refractivity contribution in [2.75, 3.05) is 0 Å². The number of aromatic nitrogens is 4. The number of aryl methyl sites for hydroxylation is 2. The van der Waals surface area contributed by atoms with Crippen molar-refractivity contribution in [3.63, 3.8) is 0 Å². The molecule has 24 heavy (non-hydrogen) atoms. The van der Waals surface area contributed by atoms with Crippen LogP contribution in [0.2, 0.25) is 5.02 Å². The van der Waals surface area contributed by atoms with Gasteiger partial charge < -0.3 is 5.11 Å². The monoisotopic (exact) mass is 344 g/mol. The Kier molecular flexibility index (Phi) is 4.15. The molecule has 3 rings (SSSR count). The molecule has 0 bridgehead atoms. The lowest BCUT2D eigenvalue weighted by Gasteiger charge is -2.07. The molecule has 0 aliphatic rings. The maximum atomic E-state index is 11.4. The molecule has 0 unspecified atom stereocenters. The molecular formula is C17H17ClN4O2. The van der Waals surface area contributed by atoms with E-state index in [2.05, 4.69) is 10.1 Å². The van der Waals surface area contributed by atoms with Crippen LogP contribution < -0.4 is 0 Å². The van der Waals surface area contributed by atoms with Gasteiger partial charge in [0.15, 0.2) is 0 Å². The molecule has 0 saturated carbocycles. The van der Waals surface area contributed by atoms with Crippen LogP contribution in [0.5, 0.6) is 0 Å². The molecule has 0 aliphatic heterocycles. The lowest BCUT2D eigenvalue weighted by Crippen LogP contribution is -2.05. The molecule has 0 radical (unpaired) electrons. The number of carboxylic acids is 1. The molecule has 1 N–H and O–H groups in total. The van der Waals surface area contributed by atoms with Gasteiger partial charge in [-0.1, -0.05) is 18.5 Å². The summed E-state index contributed by atoms with van der Waals surface area (Å²) >= 11 is 6.32. The molecule has 0 spiro atoms. The van der Waals surface area contributed by atoms with E-state index in [0.717, 1.165) is 22.5 Å². The Balaban J connectivity index is 2.31. The molecule has 0 atom stereocenters. The summed E-state index contributed by atoms with van der Waals surface area (Å²) in [6.45, 7) is 3.67. The zero-order chi connectivity index (χ0) is 17.4. The Morgan fingerprint density at radius 3 is 2.88 bits per heavy atom. The van der Waals surface area contributed by atoms with Crippen LogP contribution in [0.25, 0.3) is 22.9 Å². The second-order valence-corrected chi connectivity index (χ2v) is 5.90. The minimum Gasteiger partial charge on any atom is -0.478 e. The van der Waals surface area contributed by atoms with E-state index >= 15 is 0 Å². The molecule has 124 valence electrons. The highest BCUT2D eigenvalue weighted by atomic mass is 35.5. The Bertz CT molecular complexity index is 969. The summed E-state index contributed by atoms with van der Waals surface area (Å²) in [7, 11) is 1.81. The van der Waals surface area contributed by atoms with Gasteiger partial charge in [0.25, 0.3) is 0 Å². The molecule has 0 saturated heterocycles. The normalized spacial score (nSPS) is 12.1. The third-order valence-electron chi connectivity index (χ3n) is 3.95. The minimum absolute atomic E-state index is 0.322. The standard InChI is InChI=1S/C17H17ClN4O2/c1-4-11(17(23)24)8-13-10(2)20-21(3)16(13)22-9-14(18)12-6-5-7-19-15(12)22/h5-9H,4H2,1-3H3,(H,23,24). The number of halogens is 1. The number of carboxylic acid groups (broad SMARTS) is 1. The van der Waals surface area contributed by atoms with Gasteiger partial charge in [-0.3, -0.25) is 9.25 Å². The molecule has 0 aliphatic carbocycles. The van der Waals surface area contributed by atoms with Crippen molar-refractivity contribution < 1.29 is 9.90 Å². The molecular weight excluding hydrogens is 328 g/mol. The van der Waals surface area contributed by atoms with Crippen LogP contribution >= 0.6 is 11.6 Å². The van der Waals surface area contributed by atoms with Crippen molar-refractivity contribution >= 4 is 34.7 Å². The Morgan fingerprint density at radius 2 is 2.21 bits per heavy atom. The zero-order valence-electron chi connectivity index (χ0n) is 13.6. The highest BCUT2D eigenvalue weighted by molar-refractivity contribution is 6.35. The van der Waals surface area contributed by atoms with Gasteiger partial charge >= 0.3 is 5.97 Å². The number of pyridine rings is 1. The van der Waals surface area contributed by atoms with Crippen molar-refractivity contribution in [1.82, 2.24) is 19.3 Å². The average Bonchev–Trinajstić information content (AvgIpc) is 3.01. The summed E-state index contributed by atoms with van der Waals surface area (Å²) in [6.07, 6.45) is 5.57. The van der Waals surface area contributed by atoms with Crippen LogP contribution in [0, 0.1) is 6.92 Å². The van der Waals surface area contributed by atoms with Gasteiger partial charge in [-0.05, 0) is 31.6 Å². The predicted molar refractivity (Wildman–Crippen MR) is 93.5 cm³/mol. The lowest BCUT2D eigenvalue weighted by atomic mass is 10.1. The first-order chi connectivity index (χ1) is 11.4. The SMILES string of the molecule is CCC(=Cc1c(C)nn(C)c1-n1cc(Cl)c2cccnc21)C(=O)O. The van der Waals surface area contributed by atoms with E-state index in [1.165, 1.54) is 0 Å². The second kappa shape index (κ2) is 6.13. The van der Waals surface area contributed by atoms with Gasteiger partial charge in [0.05, 0.1) is 10.7 Å². The van der Waals surface area contributed by atoms with Crippen LogP contribution in [-0.2, 0) is 11.8 Å². The lowest BCUT2D eigenvalue weighted by molar-refractivity contribution is -0.132. The van der Waals surface area contributed by atoms with Crippen LogP contribution in [0.3, 0.4) is 0 Å². The van der Waals surface area contributed by atoms with Crippen molar-refractivity contribution in [2.45, 2.75) is 20.3 Å². The molecule has 0 aromatic carbocycles. The van der Waals surface area contributed by atoms with E-state index in [4.69, 9.17) is 11.6 Å². The Hall–Kier alpha value is -2.60. The van der Waals surface area contributed by atoms with E-state index in [1.807, 2.05) is 37.6 Å². The number of aliphatic carboxylic acids is 1. The van der Waals surface area contributed by atoms with Gasteiger partial charge in [-0.2, -0.15) is 5.10 Å². The third kappa shape index (κ3) is 2.59. The van der Waals surface area contributed by atoms with E-state index in [-0.39, 0.29) is 0 Å². The third-order valence-corrected chi connectivity index (χ3v) is 4.26. The first-order valence-electron chi connectivity index (χ1n) is 7.53. The second-order valence-electron chi connectivity index (χ2n) is 5.50. The summed E-state index contributed by atoms with van der Waals surface area (Å²) in [5.41, 5.74) is 2.51. The van der Waals surface area contributed by atoms with E-state index in [9.17, 15) is 9.90 Å². The van der Waals surface area contributed by atoms with Crippen molar-refractivity contribution in [3.8, 4) is 5.82 Å². The highest BCUT2D eigenvalue weighted by Gasteiger charge is 2.19. The molecule has 3 aromatic heterocycles. The quantitative estimate of drug-likeness (QED) is 0.734. The fourth-order valence-corrected chi connectivity index (χ4v) is 3.03. The maximum Gasteiger partial charge on any atom is 0.331 e. The summed E-state index contributed by atoms with van der Waals surface area (Å²) in [5, 5.41) is 15.2. The molecule has 0 fully saturated rings. The topological polar surface area (TPSA) is 72.9 Å². The summed E-state index contributed by atoms with van der Waals surface area (Å²) in [6, 6.07) is 3.72. The van der Waals surface area contributed by atoms with Gasteiger partial charge in [0, 0.05) is 36.0 Å². The molecule has 3 heterocycles. The number of hydrogen-bond donors (Lipinski definition) is 1. The van der Waals surface area contributed by atoms with Crippen molar-refractivity contribution in [1.29, 1.82) is 0 Å². The number of carbonyl (C=O) groups is 1. The van der Waals surface area contributed by atoms with Gasteiger partial charge in [0.2, 0.25) is 0 Å². The van der Waals surface area contributed by atoms with Gasteiger partial charge in [0.1, 0.15) is 11.5 Å². The Morgan fingerprint density at radius 1 is 1.46 bits per heavy atom. The van der Waals surface area contributed by atoms with Crippen molar-refractivity contribution in [2.24, 2.45) is 7.05 Å². The van der Waals surface area contributed by atoms with Gasteiger partial charge in [-0.25, -0.2) is 9.78 Å². The Labute approximate surface area is 144 Å². The van der Waals surface area contributed by atoms with Crippen LogP contribution in [0.15, 0.2) is 30.1 Å². The number of rotatable bonds is 4. The van der Waals surface area contributed by atoms with E-state index in [1.54, 1.807) is 23.2 Å². The highest BCUT2D eigenvalue weighted by Crippen LogP contribution is 2.30. The summed E-state index contributed by atoms with van der Waals surface area (Å²) < 4.78 is 3.55. The smallest absolute Gasteiger partial charge is 0.331 e. The van der Waals surface area contributed by atoms with Crippen molar-refractivity contribution in [3.05, 3.63) is 46.4 Å². The first-order valence-corrected chi connectivity index (χ1v) is 7.91. The predicted octanol–water partition coefficient (Wildman–Crippen LogP) is 3.60. The maximum absolute atomic E-state index is 11.4. The van der Waals surface area contributed by atoms with Gasteiger partial charge in [-0.15, -0.1) is 0 Å². The van der Waals surface area contributed by atoms with E-state index < -0.39 is 5.97 Å². The molecule has 6 nitrogen and oxygen atoms in total. The van der Waals surface area contributed by atoms with Crippen LogP contribution in [-0.4, -0.2) is 30.4 Å². The number of fused-ring (bicyclic) bond motifs is 1. The average molecular weight is 345 g/mol. The molecule has 7 heteroatoms. The minimum atomic E-state index is -0.930. The fraction of sp³-hybridized carbons (Fsp3) is 0.235. The van der Waals surface area contributed by atoms with E-state index in [0.29, 0.717) is 22.7 Å². The van der Waals surface area contributed by atoms with Crippen LogP contribution in [0.1, 0.15) is 24.6 Å². The molecule has 0 amide bonds. The molecule has 3 aromatic rings.